The number of nitrogens with zero attached hydrogens (tertiary/aromatic N) is 5. The highest BCUT2D eigenvalue weighted by atomic mass is 16.5. The molecule has 0 unspecified atom stereocenters. The molecular weight excluding hydrogens is 552 g/mol. The Labute approximate surface area is 250 Å². The van der Waals surface area contributed by atoms with E-state index < -0.39 is 6.10 Å². The summed E-state index contributed by atoms with van der Waals surface area (Å²) in [5, 5.41) is 7.15. The number of benzene rings is 2. The second-order valence-electron chi connectivity index (χ2n) is 10.9. The average molecular weight is 591 g/mol. The summed E-state index contributed by atoms with van der Waals surface area (Å²) in [5.74, 6) is 1.38. The number of carbonyl (C=O) groups is 3. The third-order valence-corrected chi connectivity index (χ3v) is 7.76. The van der Waals surface area contributed by atoms with Crippen molar-refractivity contribution in [2.75, 3.05) is 33.8 Å². The molecule has 0 saturated carbocycles. The number of hydrogen-bond acceptors (Lipinski definition) is 8. The van der Waals surface area contributed by atoms with Crippen LogP contribution in [-0.4, -0.2) is 88.2 Å². The number of amides is 3. The van der Waals surface area contributed by atoms with Gasteiger partial charge in [-0.05, 0) is 54.7 Å². The summed E-state index contributed by atoms with van der Waals surface area (Å²) in [7, 11) is 3.21. The quantitative estimate of drug-likeness (QED) is 0.480. The van der Waals surface area contributed by atoms with Crippen LogP contribution in [-0.2, 0) is 38.7 Å². The third kappa shape index (κ3) is 8.10. The molecule has 2 atom stereocenters. The Kier molecular flexibility index (Phi) is 9.88. The largest absolute Gasteiger partial charge is 0.493 e. The number of nitrogens with one attached hydrogen (secondary N) is 1. The van der Waals surface area contributed by atoms with Gasteiger partial charge in [0.25, 0.3) is 0 Å². The van der Waals surface area contributed by atoms with Crippen LogP contribution in [0.1, 0.15) is 36.8 Å². The predicted molar refractivity (Wildman–Crippen MR) is 156 cm³/mol. The van der Waals surface area contributed by atoms with E-state index in [2.05, 4.69) is 15.4 Å². The van der Waals surface area contributed by atoms with Crippen LogP contribution in [0.3, 0.4) is 0 Å². The summed E-state index contributed by atoms with van der Waals surface area (Å²) >= 11 is 0. The molecule has 0 spiro atoms. The molecule has 3 aromatic rings. The Hall–Kier alpha value is -4.45. The number of hydrogen-bond donors (Lipinski definition) is 1. The molecule has 12 heteroatoms. The van der Waals surface area contributed by atoms with E-state index in [1.54, 1.807) is 30.1 Å². The van der Waals surface area contributed by atoms with Gasteiger partial charge in [-0.15, -0.1) is 0 Å². The monoisotopic (exact) mass is 590 g/mol. The van der Waals surface area contributed by atoms with E-state index in [1.807, 2.05) is 42.5 Å². The van der Waals surface area contributed by atoms with Gasteiger partial charge in [-0.1, -0.05) is 18.2 Å². The normalized spacial score (nSPS) is 19.9. The van der Waals surface area contributed by atoms with Crippen molar-refractivity contribution in [3.05, 3.63) is 66.2 Å². The van der Waals surface area contributed by atoms with Crippen molar-refractivity contribution >= 4 is 17.7 Å². The first-order valence-corrected chi connectivity index (χ1v) is 14.6. The van der Waals surface area contributed by atoms with Crippen molar-refractivity contribution in [2.24, 2.45) is 0 Å². The molecule has 1 aromatic heterocycles. The molecule has 228 valence electrons. The fraction of sp³-hybridized carbons (Fsp3) is 0.452. The fourth-order valence-corrected chi connectivity index (χ4v) is 5.35. The molecule has 4 bridgehead atoms. The molecule has 2 aromatic carbocycles. The first kappa shape index (κ1) is 30.0. The van der Waals surface area contributed by atoms with E-state index in [4.69, 9.17) is 14.2 Å². The molecule has 3 amide bonds. The molecule has 1 N–H and O–H groups in total. The number of likely N-dealkylation sites (tertiary alicyclic amines) is 1. The zero-order chi connectivity index (χ0) is 30.2. The van der Waals surface area contributed by atoms with Crippen molar-refractivity contribution in [3.8, 4) is 17.2 Å². The lowest BCUT2D eigenvalue weighted by Gasteiger charge is -2.39. The van der Waals surface area contributed by atoms with Gasteiger partial charge < -0.3 is 29.3 Å². The zero-order valence-electron chi connectivity index (χ0n) is 24.6. The molecule has 6 rings (SSSR count). The van der Waals surface area contributed by atoms with Crippen LogP contribution in [0.25, 0.3) is 0 Å². The van der Waals surface area contributed by atoms with Crippen molar-refractivity contribution < 1.29 is 28.6 Å². The lowest BCUT2D eigenvalue weighted by molar-refractivity contribution is -0.139. The fourth-order valence-electron chi connectivity index (χ4n) is 5.35. The molecular formula is C31H38N6O6. The van der Waals surface area contributed by atoms with Crippen LogP contribution in [0.2, 0.25) is 0 Å². The molecule has 3 aliphatic heterocycles. The highest BCUT2D eigenvalue weighted by molar-refractivity contribution is 5.85. The number of piperidine rings is 1. The van der Waals surface area contributed by atoms with E-state index in [1.165, 1.54) is 11.2 Å². The number of fused-ring (bicyclic) bond motifs is 9. The lowest BCUT2D eigenvalue weighted by Crippen LogP contribution is -2.57. The number of carbonyl (C=O) groups excluding carboxylic acids is 3. The van der Waals surface area contributed by atoms with Gasteiger partial charge in [0.05, 0.1) is 32.4 Å². The van der Waals surface area contributed by atoms with Crippen molar-refractivity contribution in [1.29, 1.82) is 0 Å². The highest BCUT2D eigenvalue weighted by Crippen LogP contribution is 2.33. The number of aromatic nitrogens is 3. The molecule has 43 heavy (non-hydrogen) atoms. The maximum Gasteiger partial charge on any atom is 0.239 e. The molecule has 3 aliphatic rings. The molecule has 1 saturated heterocycles. The van der Waals surface area contributed by atoms with Crippen molar-refractivity contribution in [3.63, 3.8) is 0 Å². The van der Waals surface area contributed by atoms with Gasteiger partial charge in [0, 0.05) is 39.5 Å². The minimum Gasteiger partial charge on any atom is -0.493 e. The number of rotatable bonds is 5. The predicted octanol–water partition coefficient (Wildman–Crippen LogP) is 2.57. The van der Waals surface area contributed by atoms with Crippen LogP contribution in [0, 0.1) is 0 Å². The third-order valence-electron chi connectivity index (χ3n) is 7.76. The summed E-state index contributed by atoms with van der Waals surface area (Å²) in [5.41, 5.74) is 1.82. The maximum absolute atomic E-state index is 13.1. The van der Waals surface area contributed by atoms with Gasteiger partial charge in [0.1, 0.15) is 18.4 Å². The topological polar surface area (TPSA) is 128 Å². The van der Waals surface area contributed by atoms with Gasteiger partial charge >= 0.3 is 0 Å². The summed E-state index contributed by atoms with van der Waals surface area (Å²) in [4.78, 5) is 46.1. The molecule has 0 radical (unpaired) electrons. The second kappa shape index (κ2) is 14.1. The van der Waals surface area contributed by atoms with E-state index in [9.17, 15) is 14.4 Å². The number of likely N-dealkylation sites (N-methyl/N-ethyl adjacent to an activating group) is 1. The van der Waals surface area contributed by atoms with Crippen LogP contribution in [0.5, 0.6) is 17.2 Å². The smallest absolute Gasteiger partial charge is 0.239 e. The average Bonchev–Trinajstić information content (AvgIpc) is 3.53. The number of ether oxygens (including phenoxy) is 3. The van der Waals surface area contributed by atoms with Crippen LogP contribution in [0.15, 0.2) is 55.1 Å². The first-order valence-electron chi connectivity index (χ1n) is 14.6. The zero-order valence-corrected chi connectivity index (χ0v) is 24.6. The van der Waals surface area contributed by atoms with Gasteiger partial charge in [-0.25, -0.2) is 4.98 Å². The highest BCUT2D eigenvalue weighted by Gasteiger charge is 2.33. The molecule has 4 heterocycles. The van der Waals surface area contributed by atoms with E-state index in [-0.39, 0.29) is 43.3 Å². The minimum atomic E-state index is -0.433. The van der Waals surface area contributed by atoms with E-state index in [0.717, 1.165) is 11.1 Å². The Balaban J connectivity index is 1.32. The summed E-state index contributed by atoms with van der Waals surface area (Å²) < 4.78 is 19.8. The van der Waals surface area contributed by atoms with Gasteiger partial charge in [-0.3, -0.25) is 19.1 Å². The van der Waals surface area contributed by atoms with Gasteiger partial charge in [-0.2, -0.15) is 5.10 Å². The second-order valence-corrected chi connectivity index (χ2v) is 10.9. The van der Waals surface area contributed by atoms with Gasteiger partial charge in [0.2, 0.25) is 17.7 Å². The first-order chi connectivity index (χ1) is 20.9. The molecule has 0 aliphatic carbocycles. The minimum absolute atomic E-state index is 0.0320. The van der Waals surface area contributed by atoms with Crippen LogP contribution >= 0.6 is 0 Å². The summed E-state index contributed by atoms with van der Waals surface area (Å²) in [6, 6.07) is 12.9. The summed E-state index contributed by atoms with van der Waals surface area (Å²) in [6.07, 6.45) is 4.98. The summed E-state index contributed by atoms with van der Waals surface area (Å²) in [6.45, 7) is 1.66. The van der Waals surface area contributed by atoms with Crippen LogP contribution in [0.4, 0.5) is 0 Å². The lowest BCUT2D eigenvalue weighted by atomic mass is 10.0. The Morgan fingerprint density at radius 2 is 2.02 bits per heavy atom. The van der Waals surface area contributed by atoms with Crippen molar-refractivity contribution in [2.45, 2.75) is 57.4 Å². The van der Waals surface area contributed by atoms with E-state index >= 15 is 0 Å². The van der Waals surface area contributed by atoms with E-state index in [0.29, 0.717) is 62.6 Å². The van der Waals surface area contributed by atoms with Crippen LogP contribution < -0.4 is 14.8 Å². The van der Waals surface area contributed by atoms with Gasteiger partial charge in [0.15, 0.2) is 11.5 Å². The number of methoxy groups -OCH3 is 1. The van der Waals surface area contributed by atoms with Crippen molar-refractivity contribution in [1.82, 2.24) is 29.9 Å². The SMILES string of the molecule is COc1cc2ccc1Oc1cccc(c1)CO[C@H]1CN(C(=O)CCCn3cncn3)CC[C@@H]1NC(=O)CN(C)C(=O)CC2. The molecule has 1 fully saturated rings. The Bertz CT molecular complexity index is 1410. The molecule has 12 nitrogen and oxygen atoms in total. The number of aryl methyl sites for hydroxylation is 2. The standard InChI is InChI=1S/C31H38N6O6/c1-35-18-29(38)34-25-12-14-36(31(40)7-4-13-37-21-32-20-33-37)17-28(25)42-19-23-5-3-6-24(15-23)43-26-10-8-22(9-11-30(35)39)16-27(26)41-2/h3,5-6,8,10,15-16,20-21,25,28H,4,7,9,11-14,17-19H2,1-2H3,(H,34,38)/t25-,28-/m0/s1. The Morgan fingerprint density at radius 1 is 1.14 bits per heavy atom. The Morgan fingerprint density at radius 3 is 2.84 bits per heavy atom. The maximum atomic E-state index is 13.1.